The summed E-state index contributed by atoms with van der Waals surface area (Å²) < 4.78 is 14.6. The number of likely N-dealkylation sites (tertiary alicyclic amines) is 1. The first kappa shape index (κ1) is 23.5. The van der Waals surface area contributed by atoms with E-state index < -0.39 is 35.2 Å². The van der Waals surface area contributed by atoms with Gasteiger partial charge in [0, 0.05) is 34.7 Å². The van der Waals surface area contributed by atoms with Gasteiger partial charge in [-0.1, -0.05) is 43.0 Å². The number of carbonyl (C=O) groups excluding carboxylic acids is 4. The van der Waals surface area contributed by atoms with Gasteiger partial charge in [0.15, 0.2) is 23.1 Å². The number of hydrogen-bond acceptors (Lipinski definition) is 5. The molecule has 1 aliphatic heterocycles. The number of amides is 2. The zero-order valence-electron chi connectivity index (χ0n) is 19.5. The molecule has 36 heavy (non-hydrogen) atoms. The second-order valence-corrected chi connectivity index (χ2v) is 11.3. The summed E-state index contributed by atoms with van der Waals surface area (Å²) in [6, 6.07) is 4.04. The van der Waals surface area contributed by atoms with Gasteiger partial charge in [-0.3, -0.25) is 24.1 Å². The maximum Gasteiger partial charge on any atom is 0.233 e. The van der Waals surface area contributed by atoms with Crippen LogP contribution in [-0.2, 0) is 19.2 Å². The molecule has 6 nitrogen and oxygen atoms in total. The first-order valence-electron chi connectivity index (χ1n) is 12.5. The summed E-state index contributed by atoms with van der Waals surface area (Å²) in [6.07, 6.45) is 8.26. The van der Waals surface area contributed by atoms with Crippen molar-refractivity contribution in [2.45, 2.75) is 56.9 Å². The van der Waals surface area contributed by atoms with E-state index in [9.17, 15) is 28.7 Å². The molecule has 1 aromatic rings. The van der Waals surface area contributed by atoms with Gasteiger partial charge < -0.3 is 5.11 Å². The highest BCUT2D eigenvalue weighted by molar-refractivity contribution is 9.12. The van der Waals surface area contributed by atoms with Crippen molar-refractivity contribution in [1.82, 2.24) is 4.90 Å². The predicted molar refractivity (Wildman–Crippen MR) is 131 cm³/mol. The molecular weight excluding hydrogens is 529 g/mol. The summed E-state index contributed by atoms with van der Waals surface area (Å²) in [5.41, 5.74) is 1.37. The van der Waals surface area contributed by atoms with Gasteiger partial charge in [0.05, 0.1) is 16.3 Å². The number of carbonyl (C=O) groups is 4. The van der Waals surface area contributed by atoms with Crippen molar-refractivity contribution in [2.75, 3.05) is 0 Å². The van der Waals surface area contributed by atoms with Gasteiger partial charge in [-0.15, -0.1) is 0 Å². The fourth-order valence-electron chi connectivity index (χ4n) is 7.05. The first-order valence-corrected chi connectivity index (χ1v) is 13.3. The van der Waals surface area contributed by atoms with E-state index in [1.165, 1.54) is 17.0 Å². The number of para-hydroxylation sites is 1. The molecule has 0 aromatic heterocycles. The molecule has 2 amide bonds. The monoisotopic (exact) mass is 553 g/mol. The van der Waals surface area contributed by atoms with E-state index in [2.05, 4.69) is 15.9 Å². The van der Waals surface area contributed by atoms with Gasteiger partial charge in [-0.05, 0) is 53.6 Å². The number of fused-ring (bicyclic) bond motifs is 3. The fraction of sp³-hybridized carbons (Fsp3) is 0.429. The van der Waals surface area contributed by atoms with Crippen LogP contribution in [0.25, 0.3) is 0 Å². The summed E-state index contributed by atoms with van der Waals surface area (Å²) in [7, 11) is 0. The van der Waals surface area contributed by atoms with Gasteiger partial charge >= 0.3 is 0 Å². The lowest BCUT2D eigenvalue weighted by Gasteiger charge is -2.42. The van der Waals surface area contributed by atoms with Crippen molar-refractivity contribution in [3.63, 3.8) is 0 Å². The Balaban J connectivity index is 1.48. The fourth-order valence-corrected chi connectivity index (χ4v) is 7.50. The molecule has 6 rings (SSSR count). The number of halogens is 2. The molecule has 1 saturated carbocycles. The van der Waals surface area contributed by atoms with E-state index >= 15 is 0 Å². The molecular formula is C28H25BrFNO5. The van der Waals surface area contributed by atoms with Crippen LogP contribution in [0.2, 0.25) is 0 Å². The second kappa shape index (κ2) is 8.61. The van der Waals surface area contributed by atoms with E-state index in [-0.39, 0.29) is 57.0 Å². The third kappa shape index (κ3) is 3.33. The minimum atomic E-state index is -0.865. The number of hydrogen-bond donors (Lipinski definition) is 1. The Kier molecular flexibility index (Phi) is 5.63. The zero-order chi connectivity index (χ0) is 25.3. The van der Waals surface area contributed by atoms with Crippen LogP contribution >= 0.6 is 15.9 Å². The first-order chi connectivity index (χ1) is 17.3. The van der Waals surface area contributed by atoms with Crippen LogP contribution in [0.3, 0.4) is 0 Å². The lowest BCUT2D eigenvalue weighted by molar-refractivity contribution is -0.143. The van der Waals surface area contributed by atoms with Gasteiger partial charge in [0.2, 0.25) is 11.8 Å². The van der Waals surface area contributed by atoms with Crippen molar-refractivity contribution >= 4 is 39.3 Å². The Morgan fingerprint density at radius 2 is 1.75 bits per heavy atom. The van der Waals surface area contributed by atoms with Crippen LogP contribution < -0.4 is 0 Å². The van der Waals surface area contributed by atoms with Crippen LogP contribution in [0, 0.1) is 23.6 Å². The van der Waals surface area contributed by atoms with Crippen LogP contribution in [0.5, 0.6) is 5.75 Å². The Morgan fingerprint density at radius 3 is 2.50 bits per heavy atom. The highest BCUT2D eigenvalue weighted by Gasteiger charge is 2.57. The number of phenolic OH excluding ortho intramolecular Hbond substituents is 1. The summed E-state index contributed by atoms with van der Waals surface area (Å²) in [5, 5.41) is 10.7. The summed E-state index contributed by atoms with van der Waals surface area (Å²) >= 11 is 3.19. The van der Waals surface area contributed by atoms with Crippen LogP contribution in [0.15, 0.2) is 51.6 Å². The molecule has 5 aliphatic rings. The summed E-state index contributed by atoms with van der Waals surface area (Å²) in [4.78, 5) is 55.2. The van der Waals surface area contributed by atoms with E-state index in [0.717, 1.165) is 38.2 Å². The Hall–Kier alpha value is -2.87. The standard InChI is InChI=1S/C28H25BrFNO5/c29-19-12-21(32)24-18(25(19)33)11-17-14(22(24)15-7-4-8-20(30)26(15)34)9-10-16-23(17)28(36)31(27(16)35)13-5-2-1-3-6-13/h4,7-9,12-13,16-17,22-23,34H,1-3,5-6,10-11H2/t16-,17+,22+,23-/m0/s1. The van der Waals surface area contributed by atoms with Crippen LogP contribution in [-0.4, -0.2) is 39.4 Å². The van der Waals surface area contributed by atoms with Crippen molar-refractivity contribution in [3.05, 3.63) is 62.9 Å². The normalized spacial score (nSPS) is 30.7. The molecule has 0 unspecified atom stereocenters. The molecule has 1 heterocycles. The Morgan fingerprint density at radius 1 is 1.00 bits per heavy atom. The quantitative estimate of drug-likeness (QED) is 0.327. The number of aromatic hydroxyl groups is 1. The number of Topliss-reactive ketones (excluding diaryl/α,β-unsaturated/α-hetero) is 1. The van der Waals surface area contributed by atoms with Gasteiger partial charge in [0.1, 0.15) is 0 Å². The molecule has 0 bridgehead atoms. The smallest absolute Gasteiger partial charge is 0.233 e. The molecule has 2 fully saturated rings. The average molecular weight is 554 g/mol. The number of benzene rings is 1. The lowest BCUT2D eigenvalue weighted by atomic mass is 9.59. The van der Waals surface area contributed by atoms with Gasteiger partial charge in [-0.25, -0.2) is 4.39 Å². The topological polar surface area (TPSA) is 91.8 Å². The minimum Gasteiger partial charge on any atom is -0.505 e. The maximum absolute atomic E-state index is 14.4. The summed E-state index contributed by atoms with van der Waals surface area (Å²) in [6.45, 7) is 0. The Labute approximate surface area is 216 Å². The number of allylic oxidation sites excluding steroid dienone is 6. The van der Waals surface area contributed by atoms with E-state index in [4.69, 9.17) is 0 Å². The Bertz CT molecular complexity index is 1320. The van der Waals surface area contributed by atoms with Gasteiger partial charge in [-0.2, -0.15) is 0 Å². The van der Waals surface area contributed by atoms with Crippen LogP contribution in [0.4, 0.5) is 4.39 Å². The van der Waals surface area contributed by atoms with Crippen molar-refractivity contribution < 1.29 is 28.7 Å². The average Bonchev–Trinajstić information content (AvgIpc) is 3.13. The van der Waals surface area contributed by atoms with Crippen LogP contribution in [0.1, 0.15) is 56.4 Å². The van der Waals surface area contributed by atoms with Crippen molar-refractivity contribution in [3.8, 4) is 5.75 Å². The SMILES string of the molecule is O=C1C=C(Br)C(=O)C2=C1[C@@H](c1cccc(F)c1O)C1=CC[C@@H]3C(=O)N(C4CCCCC4)C(=O)[C@@H]3[C@@H]1C2. The number of rotatable bonds is 2. The molecule has 8 heteroatoms. The molecule has 1 aromatic carbocycles. The second-order valence-electron chi connectivity index (χ2n) is 10.4. The van der Waals surface area contributed by atoms with E-state index in [1.807, 2.05) is 6.08 Å². The lowest BCUT2D eigenvalue weighted by Crippen LogP contribution is -2.43. The van der Waals surface area contributed by atoms with Crippen molar-refractivity contribution in [2.24, 2.45) is 17.8 Å². The summed E-state index contributed by atoms with van der Waals surface area (Å²) in [5.74, 6) is -5.00. The zero-order valence-corrected chi connectivity index (χ0v) is 21.1. The molecule has 4 atom stereocenters. The molecule has 0 spiro atoms. The molecule has 0 radical (unpaired) electrons. The maximum atomic E-state index is 14.4. The van der Waals surface area contributed by atoms with E-state index in [1.54, 1.807) is 6.07 Å². The van der Waals surface area contributed by atoms with E-state index in [0.29, 0.717) is 12.0 Å². The van der Waals surface area contributed by atoms with Gasteiger partial charge in [0.25, 0.3) is 0 Å². The third-order valence-electron chi connectivity index (χ3n) is 8.63. The third-order valence-corrected chi connectivity index (χ3v) is 9.22. The number of imide groups is 1. The predicted octanol–water partition coefficient (Wildman–Crippen LogP) is 4.63. The molecule has 4 aliphatic carbocycles. The highest BCUT2D eigenvalue weighted by Crippen LogP contribution is 2.56. The van der Waals surface area contributed by atoms with Crippen molar-refractivity contribution in [1.29, 1.82) is 0 Å². The number of nitrogens with zero attached hydrogens (tertiary/aromatic N) is 1. The number of phenols is 1. The largest absolute Gasteiger partial charge is 0.505 e. The molecule has 186 valence electrons. The number of ketones is 2. The minimum absolute atomic E-state index is 0.0933. The molecule has 1 saturated heterocycles. The molecule has 1 N–H and O–H groups in total. The highest BCUT2D eigenvalue weighted by atomic mass is 79.9.